The van der Waals surface area contributed by atoms with Gasteiger partial charge in [0.15, 0.2) is 0 Å². The zero-order chi connectivity index (χ0) is 14.3. The summed E-state index contributed by atoms with van der Waals surface area (Å²) in [6.07, 6.45) is 5.07. The molecule has 0 saturated heterocycles. The number of rotatable bonds is 7. The summed E-state index contributed by atoms with van der Waals surface area (Å²) in [4.78, 5) is 10.7. The van der Waals surface area contributed by atoms with E-state index >= 15 is 0 Å². The fourth-order valence-corrected chi connectivity index (χ4v) is 2.97. The molecule has 1 aromatic carbocycles. The predicted molar refractivity (Wildman–Crippen MR) is 74.7 cm³/mol. The summed E-state index contributed by atoms with van der Waals surface area (Å²) in [5, 5.41) is 8.81. The number of hydrogen-bond donors (Lipinski definition) is 2. The molecule has 19 heavy (non-hydrogen) atoms. The van der Waals surface area contributed by atoms with Crippen molar-refractivity contribution in [2.45, 2.75) is 4.90 Å². The molecule has 0 unspecified atom stereocenters. The molecule has 1 aromatic rings. The van der Waals surface area contributed by atoms with E-state index in [1.807, 2.05) is 0 Å². The topological polar surface area (TPSA) is 83.5 Å². The molecule has 102 valence electrons. The Hall–Kier alpha value is -1.49. The third-order valence-corrected chi connectivity index (χ3v) is 4.44. The molecule has 0 aliphatic heterocycles. The van der Waals surface area contributed by atoms with Crippen LogP contribution in [0.3, 0.4) is 0 Å². The number of thioether (sulfide) groups is 1. The van der Waals surface area contributed by atoms with Crippen molar-refractivity contribution in [2.75, 3.05) is 18.1 Å². The van der Waals surface area contributed by atoms with Crippen LogP contribution in [0.25, 0.3) is 0 Å². The van der Waals surface area contributed by atoms with E-state index in [1.54, 1.807) is 0 Å². The minimum absolute atomic E-state index is 0.0608. The van der Waals surface area contributed by atoms with Gasteiger partial charge < -0.3 is 5.11 Å². The molecule has 0 saturated carbocycles. The summed E-state index contributed by atoms with van der Waals surface area (Å²) in [7, 11) is -3.68. The van der Waals surface area contributed by atoms with Crippen LogP contribution in [0.15, 0.2) is 29.2 Å². The van der Waals surface area contributed by atoms with Gasteiger partial charge in [-0.15, -0.1) is 18.2 Å². The molecule has 7 heteroatoms. The quantitative estimate of drug-likeness (QED) is 0.580. The summed E-state index contributed by atoms with van der Waals surface area (Å²) in [5.74, 6) is 2.35. The molecule has 0 bridgehead atoms. The SMILES string of the molecule is C#CCSCCNS(=O)(=O)c1cccc(C(=O)O)c1. The molecule has 0 heterocycles. The minimum atomic E-state index is -3.68. The van der Waals surface area contributed by atoms with Gasteiger partial charge in [0.1, 0.15) is 0 Å². The van der Waals surface area contributed by atoms with Crippen LogP contribution >= 0.6 is 11.8 Å². The van der Waals surface area contributed by atoms with E-state index < -0.39 is 16.0 Å². The summed E-state index contributed by atoms with van der Waals surface area (Å²) >= 11 is 1.44. The van der Waals surface area contributed by atoms with Crippen molar-refractivity contribution in [3.8, 4) is 12.3 Å². The first-order valence-corrected chi connectivity index (χ1v) is 7.95. The standard InChI is InChI=1S/C12H13NO4S2/c1-2-7-18-8-6-13-19(16,17)11-5-3-4-10(9-11)12(14)15/h1,3-5,9,13H,6-8H2,(H,14,15). The van der Waals surface area contributed by atoms with Crippen LogP contribution in [0, 0.1) is 12.3 Å². The Morgan fingerprint density at radius 2 is 2.21 bits per heavy atom. The first-order valence-electron chi connectivity index (χ1n) is 5.31. The molecule has 0 aliphatic carbocycles. The molecule has 0 spiro atoms. The van der Waals surface area contributed by atoms with Gasteiger partial charge in [-0.05, 0) is 18.2 Å². The smallest absolute Gasteiger partial charge is 0.335 e. The number of sulfonamides is 1. The van der Waals surface area contributed by atoms with Crippen LogP contribution in [0.2, 0.25) is 0 Å². The van der Waals surface area contributed by atoms with Gasteiger partial charge in [0.2, 0.25) is 10.0 Å². The van der Waals surface area contributed by atoms with Crippen LogP contribution < -0.4 is 4.72 Å². The summed E-state index contributed by atoms with van der Waals surface area (Å²) in [6.45, 7) is 0.242. The lowest BCUT2D eigenvalue weighted by Gasteiger charge is -2.06. The molecule has 0 aliphatic rings. The number of hydrogen-bond acceptors (Lipinski definition) is 4. The molecule has 0 amide bonds. The Bertz CT molecular complexity index is 590. The Morgan fingerprint density at radius 1 is 1.47 bits per heavy atom. The van der Waals surface area contributed by atoms with Crippen molar-refractivity contribution in [3.63, 3.8) is 0 Å². The zero-order valence-corrected chi connectivity index (χ0v) is 11.6. The number of aromatic carboxylic acids is 1. The molecule has 0 atom stereocenters. The largest absolute Gasteiger partial charge is 0.478 e. The highest BCUT2D eigenvalue weighted by atomic mass is 32.2. The Labute approximate surface area is 116 Å². The van der Waals surface area contributed by atoms with E-state index in [9.17, 15) is 13.2 Å². The van der Waals surface area contributed by atoms with Crippen LogP contribution in [-0.2, 0) is 10.0 Å². The van der Waals surface area contributed by atoms with E-state index in [-0.39, 0.29) is 17.0 Å². The Kier molecular flexibility index (Phi) is 5.89. The predicted octanol–water partition coefficient (Wildman–Crippen LogP) is 1.03. The average Bonchev–Trinajstić information content (AvgIpc) is 2.38. The van der Waals surface area contributed by atoms with Crippen molar-refractivity contribution in [3.05, 3.63) is 29.8 Å². The Morgan fingerprint density at radius 3 is 2.84 bits per heavy atom. The third-order valence-electron chi connectivity index (χ3n) is 2.12. The number of nitrogens with one attached hydrogen (secondary N) is 1. The fraction of sp³-hybridized carbons (Fsp3) is 0.250. The molecule has 0 aromatic heterocycles. The van der Waals surface area contributed by atoms with Crippen LogP contribution in [0.1, 0.15) is 10.4 Å². The molecular weight excluding hydrogens is 286 g/mol. The number of carboxylic acids is 1. The molecule has 0 radical (unpaired) electrons. The van der Waals surface area contributed by atoms with Crippen LogP contribution in [0.5, 0.6) is 0 Å². The van der Waals surface area contributed by atoms with Crippen LogP contribution in [-0.4, -0.2) is 37.5 Å². The maximum atomic E-state index is 11.9. The number of carbonyl (C=O) groups is 1. The van der Waals surface area contributed by atoms with Gasteiger partial charge in [-0.3, -0.25) is 0 Å². The molecule has 1 rings (SSSR count). The summed E-state index contributed by atoms with van der Waals surface area (Å²) in [6, 6.07) is 5.21. The van der Waals surface area contributed by atoms with Gasteiger partial charge in [0, 0.05) is 12.3 Å². The van der Waals surface area contributed by atoms with Crippen molar-refractivity contribution < 1.29 is 18.3 Å². The fourth-order valence-electron chi connectivity index (χ4n) is 1.26. The lowest BCUT2D eigenvalue weighted by atomic mass is 10.2. The van der Waals surface area contributed by atoms with Crippen molar-refractivity contribution >= 4 is 27.8 Å². The van der Waals surface area contributed by atoms with Crippen molar-refractivity contribution in [1.82, 2.24) is 4.72 Å². The van der Waals surface area contributed by atoms with E-state index in [0.717, 1.165) is 6.07 Å². The molecule has 0 fully saturated rings. The van der Waals surface area contributed by atoms with Gasteiger partial charge >= 0.3 is 5.97 Å². The van der Waals surface area contributed by atoms with Gasteiger partial charge in [-0.2, -0.15) is 0 Å². The van der Waals surface area contributed by atoms with Crippen molar-refractivity contribution in [1.29, 1.82) is 0 Å². The van der Waals surface area contributed by atoms with E-state index in [2.05, 4.69) is 10.6 Å². The van der Waals surface area contributed by atoms with E-state index in [4.69, 9.17) is 11.5 Å². The summed E-state index contributed by atoms with van der Waals surface area (Å²) in [5.41, 5.74) is -0.0652. The van der Waals surface area contributed by atoms with E-state index in [1.165, 1.54) is 30.0 Å². The molecular formula is C12H13NO4S2. The second kappa shape index (κ2) is 7.19. The van der Waals surface area contributed by atoms with Crippen molar-refractivity contribution in [2.24, 2.45) is 0 Å². The highest BCUT2D eigenvalue weighted by Crippen LogP contribution is 2.11. The monoisotopic (exact) mass is 299 g/mol. The first kappa shape index (κ1) is 15.6. The first-order chi connectivity index (χ1) is 8.97. The Balaban J connectivity index is 2.70. The lowest BCUT2D eigenvalue weighted by molar-refractivity contribution is 0.0696. The van der Waals surface area contributed by atoms with Gasteiger partial charge in [0.05, 0.1) is 16.2 Å². The van der Waals surface area contributed by atoms with Gasteiger partial charge in [-0.25, -0.2) is 17.9 Å². The number of terminal acetylenes is 1. The second-order valence-electron chi connectivity index (χ2n) is 3.49. The summed E-state index contributed by atoms with van der Waals surface area (Å²) < 4.78 is 26.2. The maximum Gasteiger partial charge on any atom is 0.335 e. The number of benzene rings is 1. The van der Waals surface area contributed by atoms with Gasteiger partial charge in [0.25, 0.3) is 0 Å². The normalized spacial score (nSPS) is 10.9. The minimum Gasteiger partial charge on any atom is -0.478 e. The highest BCUT2D eigenvalue weighted by Gasteiger charge is 2.15. The molecule has 2 N–H and O–H groups in total. The van der Waals surface area contributed by atoms with Crippen LogP contribution in [0.4, 0.5) is 0 Å². The lowest BCUT2D eigenvalue weighted by Crippen LogP contribution is -2.26. The second-order valence-corrected chi connectivity index (χ2v) is 6.36. The van der Waals surface area contributed by atoms with Gasteiger partial charge in [-0.1, -0.05) is 12.0 Å². The maximum absolute atomic E-state index is 11.9. The third kappa shape index (κ3) is 4.95. The number of carboxylic acid groups (broad SMARTS) is 1. The highest BCUT2D eigenvalue weighted by molar-refractivity contribution is 7.99. The zero-order valence-electron chi connectivity index (χ0n) is 10.00. The average molecular weight is 299 g/mol. The molecule has 5 nitrogen and oxygen atoms in total. The van der Waals surface area contributed by atoms with E-state index in [0.29, 0.717) is 11.5 Å².